The Kier molecular flexibility index (Phi) is 20.8. The van der Waals surface area contributed by atoms with E-state index in [1.807, 2.05) is 0 Å². The maximum absolute atomic E-state index is 3.78. The summed E-state index contributed by atoms with van der Waals surface area (Å²) in [5.74, 6) is 14.6. The van der Waals surface area contributed by atoms with Crippen molar-refractivity contribution in [2.75, 3.05) is 0 Å². The van der Waals surface area contributed by atoms with Crippen molar-refractivity contribution in [3.8, 4) is 0 Å². The molecule has 0 saturated heterocycles. The minimum Gasteiger partial charge on any atom is -0.103 e. The summed E-state index contributed by atoms with van der Waals surface area (Å²) in [4.78, 5) is 0. The maximum Gasteiger partial charge on any atom is 0 e. The molecule has 0 aromatic heterocycles. The van der Waals surface area contributed by atoms with Crippen molar-refractivity contribution in [1.82, 2.24) is 0 Å². The van der Waals surface area contributed by atoms with E-state index in [0.717, 1.165) is 82.9 Å². The molecule has 7 saturated carbocycles. The summed E-state index contributed by atoms with van der Waals surface area (Å²) in [7, 11) is 0. The molecule has 8 aliphatic rings. The second-order valence-corrected chi connectivity index (χ2v) is 18.0. The van der Waals surface area contributed by atoms with E-state index in [-0.39, 0.29) is 16.3 Å². The van der Waals surface area contributed by atoms with Crippen molar-refractivity contribution >= 4 is 0 Å². The highest BCUT2D eigenvalue weighted by Gasteiger charge is 2.45. The van der Waals surface area contributed by atoms with Gasteiger partial charge in [-0.25, -0.2) is 0 Å². The van der Waals surface area contributed by atoms with Crippen molar-refractivity contribution < 1.29 is 1.43 Å². The molecule has 14 unspecified atom stereocenters. The van der Waals surface area contributed by atoms with E-state index >= 15 is 0 Å². The number of hydrogen-bond donors (Lipinski definition) is 0. The second kappa shape index (κ2) is 23.0. The zero-order valence-corrected chi connectivity index (χ0v) is 32.7. The fourth-order valence-corrected chi connectivity index (χ4v) is 12.5. The zero-order chi connectivity index (χ0) is 33.8. The molecule has 288 valence electrons. The van der Waals surface area contributed by atoms with Crippen LogP contribution in [-0.4, -0.2) is 0 Å². The minimum atomic E-state index is 0. The SMILES string of the molecule is C.C.C1=CC2CCC1C2.C=CC1CCC(C=C)C1.CCC1C2CCC(C2)C1C.CCC1CCC(CC)C1.CCCC1C2CCC(C2)C1CC.[HH]. The molecule has 0 aromatic carbocycles. The third-order valence-corrected chi connectivity index (χ3v) is 15.5. The lowest BCUT2D eigenvalue weighted by molar-refractivity contribution is 0.201. The molecule has 0 aromatic rings. The number of rotatable bonds is 8. The Morgan fingerprint density at radius 2 is 0.980 bits per heavy atom. The molecule has 6 bridgehead atoms. The molecule has 0 aliphatic heterocycles. The highest BCUT2D eigenvalue weighted by Crippen LogP contribution is 2.55. The van der Waals surface area contributed by atoms with Gasteiger partial charge in [-0.05, 0) is 166 Å². The molecule has 0 spiro atoms. The molecule has 49 heavy (non-hydrogen) atoms. The van der Waals surface area contributed by atoms with Crippen LogP contribution >= 0.6 is 0 Å². The predicted octanol–water partition coefficient (Wildman–Crippen LogP) is 16.4. The van der Waals surface area contributed by atoms with Gasteiger partial charge in [0.25, 0.3) is 0 Å². The van der Waals surface area contributed by atoms with E-state index in [4.69, 9.17) is 0 Å². The van der Waals surface area contributed by atoms with E-state index in [2.05, 4.69) is 79.0 Å². The topological polar surface area (TPSA) is 0 Å². The zero-order valence-electron chi connectivity index (χ0n) is 32.7. The van der Waals surface area contributed by atoms with Crippen LogP contribution in [0.4, 0.5) is 0 Å². The largest absolute Gasteiger partial charge is 0.103 e. The van der Waals surface area contributed by atoms with Gasteiger partial charge >= 0.3 is 0 Å². The van der Waals surface area contributed by atoms with Gasteiger partial charge in [-0.2, -0.15) is 0 Å². The Morgan fingerprint density at radius 1 is 0.510 bits per heavy atom. The van der Waals surface area contributed by atoms with Gasteiger partial charge < -0.3 is 0 Å². The number of allylic oxidation sites excluding steroid dienone is 4. The van der Waals surface area contributed by atoms with Crippen molar-refractivity contribution in [2.45, 2.75) is 191 Å². The Labute approximate surface area is 312 Å². The first-order valence-electron chi connectivity index (χ1n) is 21.8. The van der Waals surface area contributed by atoms with Crippen molar-refractivity contribution in [1.29, 1.82) is 0 Å². The molecule has 0 N–H and O–H groups in total. The molecule has 14 atom stereocenters. The van der Waals surface area contributed by atoms with E-state index in [0.29, 0.717) is 0 Å². The van der Waals surface area contributed by atoms with Gasteiger partial charge in [0.05, 0.1) is 0 Å². The molecule has 8 aliphatic carbocycles. The molecule has 0 heteroatoms. The summed E-state index contributed by atoms with van der Waals surface area (Å²) < 4.78 is 0. The van der Waals surface area contributed by atoms with Crippen molar-refractivity contribution in [3.63, 3.8) is 0 Å². The Hall–Kier alpha value is -0.780. The van der Waals surface area contributed by atoms with Gasteiger partial charge in [0.15, 0.2) is 0 Å². The Balaban J connectivity index is 0.000000311. The average molecular weight is 681 g/mol. The van der Waals surface area contributed by atoms with Crippen LogP contribution in [-0.2, 0) is 0 Å². The van der Waals surface area contributed by atoms with Crippen LogP contribution in [0.5, 0.6) is 0 Å². The Bertz CT molecular complexity index is 880. The van der Waals surface area contributed by atoms with E-state index < -0.39 is 0 Å². The molecule has 8 rings (SSSR count). The maximum atomic E-state index is 3.78. The average Bonchev–Trinajstić information content (AvgIpc) is 3.97. The van der Waals surface area contributed by atoms with E-state index in [9.17, 15) is 0 Å². The lowest BCUT2D eigenvalue weighted by Crippen LogP contribution is -2.21. The summed E-state index contributed by atoms with van der Waals surface area (Å²) in [6.07, 6.45) is 39.8. The van der Waals surface area contributed by atoms with Crippen LogP contribution in [0.1, 0.15) is 193 Å². The fourth-order valence-electron chi connectivity index (χ4n) is 12.5. The molecular weight excluding hydrogens is 589 g/mol. The van der Waals surface area contributed by atoms with Crippen LogP contribution in [0.15, 0.2) is 37.5 Å². The van der Waals surface area contributed by atoms with E-state index in [1.165, 1.54) is 96.3 Å². The highest BCUT2D eigenvalue weighted by atomic mass is 14.5. The smallest absolute Gasteiger partial charge is 0 e. The first-order chi connectivity index (χ1) is 22.9. The predicted molar refractivity (Wildman–Crippen MR) is 225 cm³/mol. The second-order valence-electron chi connectivity index (χ2n) is 18.0. The molecular formula is C49H92. The normalized spacial score (nSPS) is 41.1. The fraction of sp³-hybridized carbons (Fsp3) is 0.878. The van der Waals surface area contributed by atoms with Crippen LogP contribution < -0.4 is 0 Å². The van der Waals surface area contributed by atoms with Crippen LogP contribution in [0.3, 0.4) is 0 Å². The monoisotopic (exact) mass is 681 g/mol. The third kappa shape index (κ3) is 12.4. The number of fused-ring (bicyclic) bond motifs is 6. The standard InChI is InChI=1S/C12H22.C10H18.C9H18.C9H14.C7H10.2CH4.H2/c1-3-5-12-10-7-6-9(8-10)11(12)4-2;1-3-10-7(2)8-4-5-9(10)6-8;2*1-3-8-5-6-9(4-2)7-8;1-2-7-4-3-6(1)5-7;;;/h9-12H,3-8H2,1-2H3;7-10H,3-6H2,1-2H3;8-9H,3-7H2,1-2H3;3-4,8-9H,1-2,5-7H2;1-2,6-7H,3-5H2;2*1H4;1H. The van der Waals surface area contributed by atoms with Crippen LogP contribution in [0.2, 0.25) is 0 Å². The lowest BCUT2D eigenvalue weighted by atomic mass is 9.76. The van der Waals surface area contributed by atoms with Crippen LogP contribution in [0, 0.1) is 82.9 Å². The van der Waals surface area contributed by atoms with Gasteiger partial charge in [0.1, 0.15) is 0 Å². The van der Waals surface area contributed by atoms with Crippen molar-refractivity contribution in [2.24, 2.45) is 82.9 Å². The van der Waals surface area contributed by atoms with Crippen molar-refractivity contribution in [3.05, 3.63) is 37.5 Å². The molecule has 0 nitrogen and oxygen atoms in total. The Morgan fingerprint density at radius 3 is 1.29 bits per heavy atom. The van der Waals surface area contributed by atoms with Gasteiger partial charge in [-0.1, -0.05) is 132 Å². The quantitative estimate of drug-likeness (QED) is 0.224. The van der Waals surface area contributed by atoms with Gasteiger partial charge in [0.2, 0.25) is 0 Å². The summed E-state index contributed by atoms with van der Waals surface area (Å²) in [5, 5.41) is 0. The molecule has 0 amide bonds. The summed E-state index contributed by atoms with van der Waals surface area (Å²) in [6, 6.07) is 0. The van der Waals surface area contributed by atoms with E-state index in [1.54, 1.807) is 38.5 Å². The summed E-state index contributed by atoms with van der Waals surface area (Å²) >= 11 is 0. The molecule has 0 heterocycles. The summed E-state index contributed by atoms with van der Waals surface area (Å²) in [6.45, 7) is 21.8. The third-order valence-electron chi connectivity index (χ3n) is 15.5. The van der Waals surface area contributed by atoms with Crippen LogP contribution in [0.25, 0.3) is 0 Å². The molecule has 7 fully saturated rings. The van der Waals surface area contributed by atoms with Gasteiger partial charge in [-0.3, -0.25) is 0 Å². The minimum absolute atomic E-state index is 0. The van der Waals surface area contributed by atoms with Gasteiger partial charge in [-0.15, -0.1) is 13.2 Å². The first kappa shape index (κ1) is 44.4. The summed E-state index contributed by atoms with van der Waals surface area (Å²) in [5.41, 5.74) is 0. The first-order valence-corrected chi connectivity index (χ1v) is 21.8. The number of hydrogen-bond acceptors (Lipinski definition) is 0. The highest BCUT2D eigenvalue weighted by molar-refractivity contribution is 5.06. The van der Waals surface area contributed by atoms with Gasteiger partial charge in [0, 0.05) is 1.43 Å². The lowest BCUT2D eigenvalue weighted by Gasteiger charge is -2.30. The molecule has 0 radical (unpaired) electrons.